The van der Waals surface area contributed by atoms with Crippen LogP contribution in [0.3, 0.4) is 0 Å². The molecule has 1 aliphatic rings. The first-order chi connectivity index (χ1) is 14.2. The van der Waals surface area contributed by atoms with Gasteiger partial charge < -0.3 is 19.5 Å². The lowest BCUT2D eigenvalue weighted by molar-refractivity contribution is -0.192. The van der Waals surface area contributed by atoms with Crippen LogP contribution in [0.4, 0.5) is 0 Å². The minimum Gasteiger partial charge on any atom is -0.497 e. The third-order valence-corrected chi connectivity index (χ3v) is 5.24. The summed E-state index contributed by atoms with van der Waals surface area (Å²) >= 11 is 5.87. The Morgan fingerprint density at radius 1 is 1.14 bits per heavy atom. The monoisotopic (exact) mass is 413 g/mol. The third kappa shape index (κ3) is 5.22. The molecule has 0 unspecified atom stereocenters. The normalized spacial score (nSPS) is 19.4. The van der Waals surface area contributed by atoms with E-state index in [9.17, 15) is 0 Å². The van der Waals surface area contributed by atoms with Gasteiger partial charge in [-0.15, -0.1) is 0 Å². The molecule has 0 atom stereocenters. The van der Waals surface area contributed by atoms with Crippen LogP contribution in [0.25, 0.3) is 10.9 Å². The lowest BCUT2D eigenvalue weighted by atomic mass is 10.0. The van der Waals surface area contributed by atoms with E-state index in [4.69, 9.17) is 25.8 Å². The van der Waals surface area contributed by atoms with Crippen molar-refractivity contribution in [3.05, 3.63) is 65.1 Å². The van der Waals surface area contributed by atoms with E-state index >= 15 is 0 Å². The second-order valence-electron chi connectivity index (χ2n) is 7.03. The van der Waals surface area contributed by atoms with Crippen LogP contribution in [0.2, 0.25) is 5.02 Å². The first kappa shape index (κ1) is 20.0. The van der Waals surface area contributed by atoms with Crippen LogP contribution >= 0.6 is 11.6 Å². The summed E-state index contributed by atoms with van der Waals surface area (Å²) in [5.74, 6) is 0.834. The van der Waals surface area contributed by atoms with E-state index in [0.717, 1.165) is 35.2 Å². The summed E-state index contributed by atoms with van der Waals surface area (Å²) in [4.78, 5) is 8.72. The van der Waals surface area contributed by atoms with Gasteiger partial charge in [-0.1, -0.05) is 11.6 Å². The molecule has 152 valence electrons. The zero-order chi connectivity index (χ0) is 20.1. The molecule has 7 heteroatoms. The molecule has 1 fully saturated rings. The maximum Gasteiger partial charge on any atom is 0.158 e. The molecule has 0 spiro atoms. The molecule has 0 aliphatic carbocycles. The second kappa shape index (κ2) is 9.50. The number of rotatable bonds is 7. The summed E-state index contributed by atoms with van der Waals surface area (Å²) in [5.41, 5.74) is 3.13. The number of halogens is 1. The van der Waals surface area contributed by atoms with E-state index in [1.54, 1.807) is 13.3 Å². The number of methoxy groups -OCH3 is 1. The first-order valence-corrected chi connectivity index (χ1v) is 10.1. The molecule has 0 bridgehead atoms. The molecule has 2 aromatic heterocycles. The number of pyridine rings is 2. The summed E-state index contributed by atoms with van der Waals surface area (Å²) < 4.78 is 17.2. The summed E-state index contributed by atoms with van der Waals surface area (Å²) in [6.45, 7) is 1.89. The van der Waals surface area contributed by atoms with Crippen LogP contribution < -0.4 is 10.1 Å². The van der Waals surface area contributed by atoms with Crippen LogP contribution in [-0.4, -0.2) is 42.6 Å². The highest BCUT2D eigenvalue weighted by Gasteiger charge is 2.22. The molecule has 1 aliphatic heterocycles. The zero-order valence-electron chi connectivity index (χ0n) is 16.3. The lowest BCUT2D eigenvalue weighted by Crippen LogP contribution is -2.44. The van der Waals surface area contributed by atoms with E-state index in [1.165, 1.54) is 5.56 Å². The maximum atomic E-state index is 5.91. The summed E-state index contributed by atoms with van der Waals surface area (Å²) in [5, 5.41) is 5.16. The van der Waals surface area contributed by atoms with Crippen molar-refractivity contribution in [1.29, 1.82) is 0 Å². The van der Waals surface area contributed by atoms with Gasteiger partial charge in [0, 0.05) is 30.7 Å². The van der Waals surface area contributed by atoms with E-state index in [-0.39, 0.29) is 12.3 Å². The first-order valence-electron chi connectivity index (χ1n) is 9.70. The van der Waals surface area contributed by atoms with Crippen molar-refractivity contribution in [3.63, 3.8) is 0 Å². The van der Waals surface area contributed by atoms with Crippen LogP contribution in [0.1, 0.15) is 17.7 Å². The topological polar surface area (TPSA) is 65.5 Å². The molecule has 1 N–H and O–H groups in total. The van der Waals surface area contributed by atoms with Gasteiger partial charge in [0.25, 0.3) is 0 Å². The van der Waals surface area contributed by atoms with Crippen molar-refractivity contribution < 1.29 is 14.2 Å². The Morgan fingerprint density at radius 2 is 2.00 bits per heavy atom. The van der Waals surface area contributed by atoms with Gasteiger partial charge in [-0.3, -0.25) is 9.97 Å². The molecule has 1 aromatic carbocycles. The van der Waals surface area contributed by atoms with Crippen molar-refractivity contribution >= 4 is 22.5 Å². The average molecular weight is 414 g/mol. The van der Waals surface area contributed by atoms with Crippen molar-refractivity contribution in [2.24, 2.45) is 0 Å². The molecule has 3 heterocycles. The minimum absolute atomic E-state index is 0.148. The second-order valence-corrected chi connectivity index (χ2v) is 7.47. The molecule has 0 saturated carbocycles. The molecule has 6 nitrogen and oxygen atoms in total. The molecule has 29 heavy (non-hydrogen) atoms. The van der Waals surface area contributed by atoms with Gasteiger partial charge in [-0.25, -0.2) is 0 Å². The molecule has 0 radical (unpaired) electrons. The fourth-order valence-corrected chi connectivity index (χ4v) is 3.50. The summed E-state index contributed by atoms with van der Waals surface area (Å²) in [7, 11) is 1.67. The van der Waals surface area contributed by atoms with E-state index in [2.05, 4.69) is 15.3 Å². The number of hydrogen-bond acceptors (Lipinski definition) is 6. The SMILES string of the molecule is COc1ccc2nccc(CCC3OCC(NCc4ccc(Cl)cn4)CO3)c2c1. The van der Waals surface area contributed by atoms with Gasteiger partial charge in [0.2, 0.25) is 0 Å². The number of fused-ring (bicyclic) bond motifs is 1. The number of benzene rings is 1. The van der Waals surface area contributed by atoms with Gasteiger partial charge >= 0.3 is 0 Å². The van der Waals surface area contributed by atoms with Crippen LogP contribution in [0, 0.1) is 0 Å². The van der Waals surface area contributed by atoms with Crippen LogP contribution in [-0.2, 0) is 22.4 Å². The van der Waals surface area contributed by atoms with Crippen molar-refractivity contribution in [3.8, 4) is 5.75 Å². The van der Waals surface area contributed by atoms with Crippen molar-refractivity contribution in [2.75, 3.05) is 20.3 Å². The Hall–Kier alpha value is -2.25. The Morgan fingerprint density at radius 3 is 2.76 bits per heavy atom. The predicted octanol–water partition coefficient (Wildman–Crippen LogP) is 3.76. The molecule has 1 saturated heterocycles. The fourth-order valence-electron chi connectivity index (χ4n) is 3.39. The summed E-state index contributed by atoms with van der Waals surface area (Å²) in [6.07, 6.45) is 4.94. The Kier molecular flexibility index (Phi) is 6.56. The Labute approximate surface area is 175 Å². The van der Waals surface area contributed by atoms with Gasteiger partial charge in [0.05, 0.1) is 42.6 Å². The largest absolute Gasteiger partial charge is 0.497 e. The highest BCUT2D eigenvalue weighted by Crippen LogP contribution is 2.24. The van der Waals surface area contributed by atoms with Crippen LogP contribution in [0.5, 0.6) is 5.75 Å². The van der Waals surface area contributed by atoms with Gasteiger partial charge in [-0.05, 0) is 48.4 Å². The number of nitrogens with one attached hydrogen (secondary N) is 1. The van der Waals surface area contributed by atoms with E-state index in [1.807, 2.05) is 42.6 Å². The third-order valence-electron chi connectivity index (χ3n) is 5.02. The number of nitrogens with zero attached hydrogens (tertiary/aromatic N) is 2. The molecular weight excluding hydrogens is 390 g/mol. The zero-order valence-corrected chi connectivity index (χ0v) is 17.1. The molecule has 4 rings (SSSR count). The standard InChI is InChI=1S/C22H24ClN3O3/c1-27-19-5-6-21-20(10-19)15(8-9-24-21)2-7-22-28-13-18(14-29-22)26-12-17-4-3-16(23)11-25-17/h3-6,8-11,18,22,26H,2,7,12-14H2,1H3. The quantitative estimate of drug-likeness (QED) is 0.636. The Balaban J connectivity index is 1.27. The molecule has 0 amide bonds. The molecular formula is C22H24ClN3O3. The van der Waals surface area contributed by atoms with Gasteiger partial charge in [-0.2, -0.15) is 0 Å². The minimum atomic E-state index is -0.199. The molecule has 3 aromatic rings. The lowest BCUT2D eigenvalue weighted by Gasteiger charge is -2.30. The van der Waals surface area contributed by atoms with Gasteiger partial charge in [0.15, 0.2) is 6.29 Å². The average Bonchev–Trinajstić information content (AvgIpc) is 2.77. The van der Waals surface area contributed by atoms with Crippen molar-refractivity contribution in [1.82, 2.24) is 15.3 Å². The Bertz CT molecular complexity index is 944. The fraction of sp³-hybridized carbons (Fsp3) is 0.364. The summed E-state index contributed by atoms with van der Waals surface area (Å²) in [6, 6.07) is 11.9. The number of hydrogen-bond donors (Lipinski definition) is 1. The van der Waals surface area contributed by atoms with Gasteiger partial charge in [0.1, 0.15) is 5.75 Å². The van der Waals surface area contributed by atoms with E-state index in [0.29, 0.717) is 24.8 Å². The number of aryl methyl sites for hydroxylation is 1. The smallest absolute Gasteiger partial charge is 0.158 e. The number of aromatic nitrogens is 2. The van der Waals surface area contributed by atoms with Crippen LogP contribution in [0.15, 0.2) is 48.8 Å². The highest BCUT2D eigenvalue weighted by molar-refractivity contribution is 6.30. The maximum absolute atomic E-state index is 5.91. The van der Waals surface area contributed by atoms with Crippen molar-refractivity contribution in [2.45, 2.75) is 31.7 Å². The van der Waals surface area contributed by atoms with E-state index < -0.39 is 0 Å². The predicted molar refractivity (Wildman–Crippen MR) is 112 cm³/mol. The highest BCUT2D eigenvalue weighted by atomic mass is 35.5. The number of ether oxygens (including phenoxy) is 3.